The van der Waals surface area contributed by atoms with Crippen LogP contribution in [-0.4, -0.2) is 18.1 Å². The number of para-hydroxylation sites is 2. The minimum absolute atomic E-state index is 0.240. The lowest BCUT2D eigenvalue weighted by atomic mass is 10.00. The summed E-state index contributed by atoms with van der Waals surface area (Å²) in [7, 11) is 0. The molecule has 2 heteroatoms. The molecule has 3 unspecified atom stereocenters. The number of anilines is 2. The first-order valence-corrected chi connectivity index (χ1v) is 10.6. The average molecular weight is 383 g/mol. The van der Waals surface area contributed by atoms with Gasteiger partial charge in [0.15, 0.2) is 0 Å². The Morgan fingerprint density at radius 2 is 1.31 bits per heavy atom. The molecule has 0 saturated carbocycles. The molecule has 0 radical (unpaired) electrons. The van der Waals surface area contributed by atoms with Crippen molar-refractivity contribution in [1.82, 2.24) is 5.32 Å². The Morgan fingerprint density at radius 3 is 1.83 bits per heavy atom. The third-order valence-corrected chi connectivity index (χ3v) is 5.48. The first-order chi connectivity index (χ1) is 14.2. The molecule has 1 N–H and O–H groups in total. The minimum atomic E-state index is 0.240. The zero-order valence-corrected chi connectivity index (χ0v) is 17.3. The van der Waals surface area contributed by atoms with Gasteiger partial charge in [-0.15, -0.1) is 0 Å². The van der Waals surface area contributed by atoms with E-state index in [1.165, 1.54) is 23.4 Å². The second-order valence-corrected chi connectivity index (χ2v) is 8.23. The fourth-order valence-electron chi connectivity index (χ4n) is 4.06. The fourth-order valence-corrected chi connectivity index (χ4v) is 4.06. The third-order valence-electron chi connectivity index (χ3n) is 5.48. The summed E-state index contributed by atoms with van der Waals surface area (Å²) >= 11 is 0. The summed E-state index contributed by atoms with van der Waals surface area (Å²) in [6, 6.07) is 33.3. The van der Waals surface area contributed by atoms with Crippen LogP contribution in [0, 0.1) is 5.92 Å². The molecule has 1 aliphatic heterocycles. The maximum atomic E-state index is 3.76. The third kappa shape index (κ3) is 4.96. The van der Waals surface area contributed by atoms with Crippen molar-refractivity contribution in [3.8, 4) is 0 Å². The Balaban J connectivity index is 1.71. The largest absolute Gasteiger partial charge is 0.333 e. The molecule has 0 bridgehead atoms. The van der Waals surface area contributed by atoms with Gasteiger partial charge in [-0.1, -0.05) is 92.7 Å². The van der Waals surface area contributed by atoms with Gasteiger partial charge >= 0.3 is 0 Å². The summed E-state index contributed by atoms with van der Waals surface area (Å²) in [5.41, 5.74) is 3.68. The van der Waals surface area contributed by atoms with Gasteiger partial charge in [-0.2, -0.15) is 0 Å². The van der Waals surface area contributed by atoms with E-state index in [-0.39, 0.29) is 6.04 Å². The van der Waals surface area contributed by atoms with E-state index in [9.17, 15) is 0 Å². The molecular formula is C27H30N2. The molecule has 1 saturated heterocycles. The quantitative estimate of drug-likeness (QED) is 0.463. The van der Waals surface area contributed by atoms with Crippen molar-refractivity contribution in [3.05, 3.63) is 103 Å². The van der Waals surface area contributed by atoms with Crippen LogP contribution in [0.15, 0.2) is 97.1 Å². The standard InChI is InChI=1S/C27H30N2/c1-21(2)20-25-27(28-25)26(19-18-22-12-6-3-7-13-22)29(23-14-8-4-9-15-23)24-16-10-5-11-17-24/h3-19,21,25-28H,20H2,1-2H3/b19-18+. The Bertz CT molecular complexity index is 864. The van der Waals surface area contributed by atoms with Gasteiger partial charge in [0.05, 0.1) is 6.04 Å². The van der Waals surface area contributed by atoms with E-state index in [0.717, 1.165) is 0 Å². The number of hydrogen-bond acceptors (Lipinski definition) is 2. The topological polar surface area (TPSA) is 25.2 Å². The van der Waals surface area contributed by atoms with Crippen LogP contribution in [0.4, 0.5) is 11.4 Å². The second kappa shape index (κ2) is 9.11. The highest BCUT2D eigenvalue weighted by Gasteiger charge is 2.44. The van der Waals surface area contributed by atoms with E-state index in [1.807, 2.05) is 0 Å². The fraction of sp³-hybridized carbons (Fsp3) is 0.259. The minimum Gasteiger partial charge on any atom is -0.333 e. The summed E-state index contributed by atoms with van der Waals surface area (Å²) in [4.78, 5) is 2.47. The molecule has 3 aromatic rings. The van der Waals surface area contributed by atoms with Crippen LogP contribution in [0.5, 0.6) is 0 Å². The van der Waals surface area contributed by atoms with E-state index in [4.69, 9.17) is 0 Å². The van der Waals surface area contributed by atoms with Gasteiger partial charge in [0, 0.05) is 23.5 Å². The second-order valence-electron chi connectivity index (χ2n) is 8.23. The molecule has 0 spiro atoms. The van der Waals surface area contributed by atoms with Crippen LogP contribution in [0.2, 0.25) is 0 Å². The van der Waals surface area contributed by atoms with Crippen molar-refractivity contribution in [2.24, 2.45) is 5.92 Å². The van der Waals surface area contributed by atoms with Crippen LogP contribution in [0.3, 0.4) is 0 Å². The van der Waals surface area contributed by atoms with Crippen molar-refractivity contribution < 1.29 is 0 Å². The van der Waals surface area contributed by atoms with E-state index < -0.39 is 0 Å². The molecule has 1 heterocycles. The van der Waals surface area contributed by atoms with Crippen LogP contribution in [0.1, 0.15) is 25.8 Å². The summed E-state index contributed by atoms with van der Waals surface area (Å²) in [6.07, 6.45) is 5.83. The molecule has 4 rings (SSSR count). The highest BCUT2D eigenvalue weighted by atomic mass is 15.3. The Kier molecular flexibility index (Phi) is 6.12. The average Bonchev–Trinajstić information content (AvgIpc) is 3.51. The highest BCUT2D eigenvalue weighted by molar-refractivity contribution is 5.67. The molecule has 0 aromatic heterocycles. The van der Waals surface area contributed by atoms with Gasteiger partial charge in [0.2, 0.25) is 0 Å². The van der Waals surface area contributed by atoms with E-state index in [1.54, 1.807) is 0 Å². The first-order valence-electron chi connectivity index (χ1n) is 10.6. The maximum Gasteiger partial charge on any atom is 0.0694 e. The van der Waals surface area contributed by atoms with Gasteiger partial charge in [0.1, 0.15) is 0 Å². The lowest BCUT2D eigenvalue weighted by Gasteiger charge is -2.32. The first kappa shape index (κ1) is 19.5. The van der Waals surface area contributed by atoms with Crippen molar-refractivity contribution >= 4 is 17.5 Å². The summed E-state index contributed by atoms with van der Waals surface area (Å²) in [6.45, 7) is 4.61. The molecule has 2 nitrogen and oxygen atoms in total. The number of nitrogens with zero attached hydrogens (tertiary/aromatic N) is 1. The zero-order chi connectivity index (χ0) is 20.1. The monoisotopic (exact) mass is 382 g/mol. The van der Waals surface area contributed by atoms with Crippen LogP contribution >= 0.6 is 0 Å². The van der Waals surface area contributed by atoms with E-state index in [2.05, 4.69) is 127 Å². The summed E-state index contributed by atoms with van der Waals surface area (Å²) < 4.78 is 0. The lowest BCUT2D eigenvalue weighted by Crippen LogP contribution is -2.36. The molecular weight excluding hydrogens is 352 g/mol. The smallest absolute Gasteiger partial charge is 0.0694 e. The molecule has 29 heavy (non-hydrogen) atoms. The number of hydrogen-bond donors (Lipinski definition) is 1. The normalized spacial score (nSPS) is 19.4. The van der Waals surface area contributed by atoms with Crippen molar-refractivity contribution in [2.75, 3.05) is 4.90 Å². The van der Waals surface area contributed by atoms with Gasteiger partial charge in [-0.05, 0) is 42.2 Å². The number of rotatable bonds is 8. The predicted octanol–water partition coefficient (Wildman–Crippen LogP) is 6.29. The summed E-state index contributed by atoms with van der Waals surface area (Å²) in [5.74, 6) is 0.693. The highest BCUT2D eigenvalue weighted by Crippen LogP contribution is 2.35. The molecule has 1 aliphatic rings. The summed E-state index contributed by atoms with van der Waals surface area (Å²) in [5, 5.41) is 3.76. The molecule has 1 fully saturated rings. The van der Waals surface area contributed by atoms with Crippen molar-refractivity contribution in [3.63, 3.8) is 0 Å². The Labute approximate surface area is 174 Å². The van der Waals surface area contributed by atoms with E-state index >= 15 is 0 Å². The van der Waals surface area contributed by atoms with Gasteiger partial charge in [0.25, 0.3) is 0 Å². The van der Waals surface area contributed by atoms with Crippen LogP contribution < -0.4 is 10.2 Å². The van der Waals surface area contributed by atoms with E-state index in [0.29, 0.717) is 18.0 Å². The molecule has 0 aliphatic carbocycles. The maximum absolute atomic E-state index is 3.76. The van der Waals surface area contributed by atoms with Crippen molar-refractivity contribution in [1.29, 1.82) is 0 Å². The zero-order valence-electron chi connectivity index (χ0n) is 17.3. The predicted molar refractivity (Wildman–Crippen MR) is 124 cm³/mol. The Morgan fingerprint density at radius 1 is 0.793 bits per heavy atom. The van der Waals surface area contributed by atoms with Gasteiger partial charge in [-0.3, -0.25) is 0 Å². The number of benzene rings is 3. The molecule has 3 atom stereocenters. The van der Waals surface area contributed by atoms with Crippen LogP contribution in [0.25, 0.3) is 6.08 Å². The lowest BCUT2D eigenvalue weighted by molar-refractivity contribution is 0.565. The van der Waals surface area contributed by atoms with Gasteiger partial charge < -0.3 is 10.2 Å². The molecule has 3 aromatic carbocycles. The van der Waals surface area contributed by atoms with Crippen LogP contribution in [-0.2, 0) is 0 Å². The molecule has 0 amide bonds. The Hall–Kier alpha value is -2.84. The SMILES string of the molecule is CC(C)CC1NC1C(/C=C/c1ccccc1)N(c1ccccc1)c1ccccc1. The number of nitrogens with one attached hydrogen (secondary N) is 1. The molecule has 148 valence electrons. The van der Waals surface area contributed by atoms with Crippen molar-refractivity contribution in [2.45, 2.75) is 38.4 Å². The van der Waals surface area contributed by atoms with Gasteiger partial charge in [-0.25, -0.2) is 0 Å².